The number of benzene rings is 1. The molecule has 6 heteroatoms. The second-order valence-corrected chi connectivity index (χ2v) is 6.20. The Labute approximate surface area is 130 Å². The largest absolute Gasteiger partial charge is 0.458 e. The van der Waals surface area contributed by atoms with Crippen LogP contribution >= 0.6 is 11.3 Å². The van der Waals surface area contributed by atoms with Gasteiger partial charge in [-0.3, -0.25) is 10.6 Å². The van der Waals surface area contributed by atoms with Gasteiger partial charge in [0, 0.05) is 21.0 Å². The fourth-order valence-electron chi connectivity index (χ4n) is 2.21. The van der Waals surface area contributed by atoms with Crippen LogP contribution in [-0.2, 0) is 0 Å². The lowest BCUT2D eigenvalue weighted by Crippen LogP contribution is -2.58. The Bertz CT molecular complexity index is 590. The lowest BCUT2D eigenvalue weighted by atomic mass is 10.3. The van der Waals surface area contributed by atoms with E-state index in [0.29, 0.717) is 0 Å². The van der Waals surface area contributed by atoms with Crippen molar-refractivity contribution in [1.29, 1.82) is 0 Å². The average Bonchev–Trinajstić information content (AvgIpc) is 2.84. The van der Waals surface area contributed by atoms with Crippen molar-refractivity contribution in [3.63, 3.8) is 0 Å². The molecule has 21 heavy (non-hydrogen) atoms. The van der Waals surface area contributed by atoms with Crippen molar-refractivity contribution in [2.45, 2.75) is 26.6 Å². The smallest absolute Gasteiger partial charge is 0.214 e. The van der Waals surface area contributed by atoms with Crippen molar-refractivity contribution in [3.05, 3.63) is 18.2 Å². The normalized spacial score (nSPS) is 11.9. The molecule has 0 spiro atoms. The maximum Gasteiger partial charge on any atom is 0.214 e. The average molecular weight is 308 g/mol. The first-order valence-corrected chi connectivity index (χ1v) is 8.06. The number of para-hydroxylation sites is 1. The highest BCUT2D eigenvalue weighted by Gasteiger charge is 2.25. The summed E-state index contributed by atoms with van der Waals surface area (Å²) in [5.74, 6) is 0.195. The number of nitrogens with one attached hydrogen (secondary N) is 2. The molecule has 2 rings (SSSR count). The van der Waals surface area contributed by atoms with Crippen molar-refractivity contribution in [3.8, 4) is 5.75 Å². The summed E-state index contributed by atoms with van der Waals surface area (Å²) >= 11 is 1.67. The number of fused-ring (bicyclic) bond motifs is 1. The molecule has 1 aromatic carbocycles. The van der Waals surface area contributed by atoms with Gasteiger partial charge >= 0.3 is 0 Å². The molecule has 2 N–H and O–H groups in total. The van der Waals surface area contributed by atoms with Crippen molar-refractivity contribution in [2.24, 2.45) is 0 Å². The molecule has 0 aliphatic heterocycles. The van der Waals surface area contributed by atoms with E-state index in [-0.39, 0.29) is 0 Å². The maximum atomic E-state index is 6.19. The van der Waals surface area contributed by atoms with Gasteiger partial charge in [0.2, 0.25) is 5.85 Å². The molecule has 0 atom stereocenters. The van der Waals surface area contributed by atoms with Crippen LogP contribution in [0.5, 0.6) is 5.75 Å². The molecule has 116 valence electrons. The molecule has 0 saturated carbocycles. The van der Waals surface area contributed by atoms with Gasteiger partial charge in [-0.05, 0) is 25.2 Å². The fourth-order valence-corrected chi connectivity index (χ4v) is 3.12. The molecule has 0 fully saturated rings. The summed E-state index contributed by atoms with van der Waals surface area (Å²) in [6.07, 6.45) is 0. The maximum absolute atomic E-state index is 6.19. The third-order valence-electron chi connectivity index (χ3n) is 3.10. The van der Waals surface area contributed by atoms with Crippen LogP contribution < -0.4 is 20.3 Å². The first-order valence-electron chi connectivity index (χ1n) is 7.25. The summed E-state index contributed by atoms with van der Waals surface area (Å²) in [6.45, 7) is 7.76. The van der Waals surface area contributed by atoms with Crippen LogP contribution in [0.15, 0.2) is 18.2 Å². The Morgan fingerprint density at radius 1 is 1.24 bits per heavy atom. The van der Waals surface area contributed by atoms with Gasteiger partial charge in [0.05, 0.1) is 4.70 Å². The summed E-state index contributed by atoms with van der Waals surface area (Å²) in [5, 5.41) is 7.65. The summed E-state index contributed by atoms with van der Waals surface area (Å²) < 4.78 is 7.32. The first kappa shape index (κ1) is 16.0. The first-order chi connectivity index (χ1) is 9.99. The second kappa shape index (κ2) is 6.60. The zero-order chi connectivity index (χ0) is 15.5. The molecule has 0 unspecified atom stereocenters. The third kappa shape index (κ3) is 3.64. The molecular formula is C15H24N4OS. The van der Waals surface area contributed by atoms with Crippen LogP contribution in [0, 0.1) is 0 Å². The molecule has 5 nitrogen and oxygen atoms in total. The van der Waals surface area contributed by atoms with E-state index in [1.54, 1.807) is 11.3 Å². The number of thiazole rings is 1. The lowest BCUT2D eigenvalue weighted by Gasteiger charge is -2.32. The van der Waals surface area contributed by atoms with Crippen LogP contribution in [0.25, 0.3) is 10.2 Å². The number of hydrogen-bond acceptors (Lipinski definition) is 6. The van der Waals surface area contributed by atoms with E-state index in [4.69, 9.17) is 4.74 Å². The van der Waals surface area contributed by atoms with E-state index >= 15 is 0 Å². The van der Waals surface area contributed by atoms with Crippen molar-refractivity contribution < 1.29 is 4.74 Å². The zero-order valence-electron chi connectivity index (χ0n) is 13.4. The molecule has 1 heterocycles. The monoisotopic (exact) mass is 308 g/mol. The van der Waals surface area contributed by atoms with Crippen LogP contribution in [0.3, 0.4) is 0 Å². The molecule has 0 bridgehead atoms. The summed E-state index contributed by atoms with van der Waals surface area (Å²) in [6, 6.07) is 6.05. The molecule has 0 amide bonds. The number of hydrogen-bond donors (Lipinski definition) is 2. The molecule has 0 saturated heterocycles. The van der Waals surface area contributed by atoms with E-state index in [1.165, 1.54) is 0 Å². The van der Waals surface area contributed by atoms with Gasteiger partial charge < -0.3 is 9.64 Å². The minimum absolute atomic E-state index is 0.598. The Morgan fingerprint density at radius 3 is 2.48 bits per heavy atom. The van der Waals surface area contributed by atoms with E-state index in [2.05, 4.69) is 35.5 Å². The Morgan fingerprint density at radius 2 is 1.90 bits per heavy atom. The third-order valence-corrected chi connectivity index (χ3v) is 4.28. The standard InChI is InChI=1S/C15H24N4OS/c1-6-16-15(3,17-7-2)20-11-9-8-10-12-13(11)18-14(21-12)19(4)5/h8-10,16-17H,6-7H2,1-5H3. The van der Waals surface area contributed by atoms with E-state index in [9.17, 15) is 0 Å². The minimum Gasteiger partial charge on any atom is -0.458 e. The number of rotatable bonds is 7. The molecule has 0 aliphatic rings. The van der Waals surface area contributed by atoms with E-state index < -0.39 is 5.85 Å². The summed E-state index contributed by atoms with van der Waals surface area (Å²) in [7, 11) is 4.00. The van der Waals surface area contributed by atoms with Crippen molar-refractivity contribution in [1.82, 2.24) is 15.6 Å². The number of aromatic nitrogens is 1. The Balaban J connectivity index is 2.36. The van der Waals surface area contributed by atoms with Crippen LogP contribution in [0.2, 0.25) is 0 Å². The SMILES string of the molecule is CCNC(C)(NCC)Oc1cccc2sc(N(C)C)nc12. The van der Waals surface area contributed by atoms with Gasteiger partial charge in [-0.2, -0.15) is 0 Å². The lowest BCUT2D eigenvalue weighted by molar-refractivity contribution is 0.0217. The number of anilines is 1. The number of ether oxygens (including phenoxy) is 1. The highest BCUT2D eigenvalue weighted by atomic mass is 32.1. The van der Waals surface area contributed by atoms with Gasteiger partial charge in [0.25, 0.3) is 0 Å². The van der Waals surface area contributed by atoms with Gasteiger partial charge in [-0.1, -0.05) is 31.3 Å². The minimum atomic E-state index is -0.598. The van der Waals surface area contributed by atoms with E-state index in [0.717, 1.165) is 34.2 Å². The molecule has 0 aliphatic carbocycles. The van der Waals surface area contributed by atoms with Crippen molar-refractivity contribution >= 4 is 26.7 Å². The number of nitrogens with zero attached hydrogens (tertiary/aromatic N) is 2. The topological polar surface area (TPSA) is 49.4 Å². The molecule has 0 radical (unpaired) electrons. The van der Waals surface area contributed by atoms with Crippen LogP contribution in [-0.4, -0.2) is 38.0 Å². The van der Waals surface area contributed by atoms with Crippen LogP contribution in [0.1, 0.15) is 20.8 Å². The summed E-state index contributed by atoms with van der Waals surface area (Å²) in [4.78, 5) is 6.70. The predicted molar refractivity (Wildman–Crippen MR) is 90.3 cm³/mol. The molecular weight excluding hydrogens is 284 g/mol. The van der Waals surface area contributed by atoms with Gasteiger partial charge in [0.15, 0.2) is 10.9 Å². The van der Waals surface area contributed by atoms with Gasteiger partial charge in [-0.15, -0.1) is 0 Å². The second-order valence-electron chi connectivity index (χ2n) is 5.19. The highest BCUT2D eigenvalue weighted by molar-refractivity contribution is 7.22. The predicted octanol–water partition coefficient (Wildman–Crippen LogP) is 2.63. The van der Waals surface area contributed by atoms with Gasteiger partial charge in [0.1, 0.15) is 5.52 Å². The zero-order valence-corrected chi connectivity index (χ0v) is 14.2. The quantitative estimate of drug-likeness (QED) is 0.770. The molecule has 1 aromatic heterocycles. The Kier molecular flexibility index (Phi) is 5.03. The van der Waals surface area contributed by atoms with E-state index in [1.807, 2.05) is 38.1 Å². The van der Waals surface area contributed by atoms with Crippen LogP contribution in [0.4, 0.5) is 5.13 Å². The summed E-state index contributed by atoms with van der Waals surface area (Å²) in [5.41, 5.74) is 0.910. The van der Waals surface area contributed by atoms with Gasteiger partial charge in [-0.25, -0.2) is 4.98 Å². The fraction of sp³-hybridized carbons (Fsp3) is 0.533. The molecule has 2 aromatic rings. The highest BCUT2D eigenvalue weighted by Crippen LogP contribution is 2.34. The van der Waals surface area contributed by atoms with Crippen molar-refractivity contribution in [2.75, 3.05) is 32.1 Å². The Hall–Kier alpha value is -1.37.